The van der Waals surface area contributed by atoms with Crippen LogP contribution in [0.1, 0.15) is 5.69 Å². The first kappa shape index (κ1) is 6.84. The average molecular weight is 163 g/mol. The third-order valence-corrected chi connectivity index (χ3v) is 1.37. The molecule has 0 aliphatic rings. The molecule has 0 unspecified atom stereocenters. The maximum absolute atomic E-state index is 11.2. The van der Waals surface area contributed by atoms with Crippen molar-refractivity contribution in [3.8, 4) is 0 Å². The molecule has 0 atom stereocenters. The van der Waals surface area contributed by atoms with Crippen LogP contribution in [0.15, 0.2) is 17.2 Å². The van der Waals surface area contributed by atoms with E-state index >= 15 is 0 Å². The number of aryl methyl sites for hydroxylation is 1. The molecule has 0 fully saturated rings. The van der Waals surface area contributed by atoms with E-state index in [9.17, 15) is 4.79 Å². The Morgan fingerprint density at radius 3 is 3.17 bits per heavy atom. The maximum Gasteiger partial charge on any atom is 0.276 e. The van der Waals surface area contributed by atoms with Gasteiger partial charge in [-0.15, -0.1) is 15.3 Å². The van der Waals surface area contributed by atoms with Crippen LogP contribution in [0.3, 0.4) is 0 Å². The van der Waals surface area contributed by atoms with Crippen molar-refractivity contribution in [2.75, 3.05) is 0 Å². The lowest BCUT2D eigenvalue weighted by Crippen LogP contribution is -2.18. The van der Waals surface area contributed by atoms with Crippen molar-refractivity contribution in [3.05, 3.63) is 28.4 Å². The Morgan fingerprint density at radius 1 is 1.50 bits per heavy atom. The molecule has 0 aliphatic heterocycles. The lowest BCUT2D eigenvalue weighted by molar-refractivity contribution is 0.773. The predicted molar refractivity (Wildman–Crippen MR) is 39.6 cm³/mol. The first-order valence-electron chi connectivity index (χ1n) is 3.32. The Balaban J connectivity index is 2.99. The summed E-state index contributed by atoms with van der Waals surface area (Å²) in [5.74, 6) is 0.225. The minimum absolute atomic E-state index is 0.225. The quantitative estimate of drug-likeness (QED) is 0.507. The Kier molecular flexibility index (Phi) is 1.33. The fourth-order valence-corrected chi connectivity index (χ4v) is 0.901. The summed E-state index contributed by atoms with van der Waals surface area (Å²) in [7, 11) is 0. The fraction of sp³-hybridized carbons (Fsp3) is 0.167. The number of hydrogen-bond acceptors (Lipinski definition) is 5. The lowest BCUT2D eigenvalue weighted by Gasteiger charge is -1.94. The minimum atomic E-state index is -0.243. The van der Waals surface area contributed by atoms with Crippen LogP contribution in [0.25, 0.3) is 5.78 Å². The molecule has 0 saturated heterocycles. The van der Waals surface area contributed by atoms with Gasteiger partial charge in [0, 0.05) is 11.8 Å². The van der Waals surface area contributed by atoms with Crippen LogP contribution in [0, 0.1) is 6.92 Å². The van der Waals surface area contributed by atoms with Crippen LogP contribution >= 0.6 is 0 Å². The summed E-state index contributed by atoms with van der Waals surface area (Å²) in [4.78, 5) is 15.2. The van der Waals surface area contributed by atoms with Gasteiger partial charge >= 0.3 is 0 Å². The average Bonchev–Trinajstić information content (AvgIpc) is 2.04. The van der Waals surface area contributed by atoms with Crippen molar-refractivity contribution >= 4 is 5.78 Å². The van der Waals surface area contributed by atoms with E-state index in [1.807, 2.05) is 0 Å². The van der Waals surface area contributed by atoms with Gasteiger partial charge in [-0.1, -0.05) is 0 Å². The van der Waals surface area contributed by atoms with Crippen LogP contribution in [0.2, 0.25) is 0 Å². The molecule has 0 amide bonds. The molecule has 6 heteroatoms. The van der Waals surface area contributed by atoms with Gasteiger partial charge in [-0.05, 0) is 6.92 Å². The molecule has 6 nitrogen and oxygen atoms in total. The topological polar surface area (TPSA) is 73.0 Å². The van der Waals surface area contributed by atoms with Gasteiger partial charge in [0.2, 0.25) is 0 Å². The van der Waals surface area contributed by atoms with E-state index in [0.717, 1.165) is 4.52 Å². The second-order valence-corrected chi connectivity index (χ2v) is 2.29. The third-order valence-electron chi connectivity index (χ3n) is 1.37. The minimum Gasteiger partial charge on any atom is -0.267 e. The smallest absolute Gasteiger partial charge is 0.267 e. The molecule has 2 rings (SSSR count). The SMILES string of the molecule is Cc1cc(=O)n2ncnnc2n1. The summed E-state index contributed by atoms with van der Waals surface area (Å²) >= 11 is 0. The highest BCUT2D eigenvalue weighted by Gasteiger charge is 1.99. The molecular weight excluding hydrogens is 158 g/mol. The molecule has 0 saturated carbocycles. The summed E-state index contributed by atoms with van der Waals surface area (Å²) in [5, 5.41) is 10.8. The van der Waals surface area contributed by atoms with Gasteiger partial charge in [-0.25, -0.2) is 4.98 Å². The zero-order chi connectivity index (χ0) is 8.55. The normalized spacial score (nSPS) is 10.4. The van der Waals surface area contributed by atoms with E-state index in [1.165, 1.54) is 12.4 Å². The maximum atomic E-state index is 11.2. The van der Waals surface area contributed by atoms with Crippen LogP contribution in [0.4, 0.5) is 0 Å². The molecule has 0 N–H and O–H groups in total. The summed E-state index contributed by atoms with van der Waals surface area (Å²) in [6, 6.07) is 1.39. The van der Waals surface area contributed by atoms with E-state index in [2.05, 4.69) is 20.3 Å². The van der Waals surface area contributed by atoms with Gasteiger partial charge in [-0.3, -0.25) is 4.79 Å². The second-order valence-electron chi connectivity index (χ2n) is 2.29. The van der Waals surface area contributed by atoms with Crippen molar-refractivity contribution in [3.63, 3.8) is 0 Å². The Labute approximate surface area is 66.9 Å². The summed E-state index contributed by atoms with van der Waals surface area (Å²) < 4.78 is 1.10. The first-order chi connectivity index (χ1) is 5.77. The molecule has 12 heavy (non-hydrogen) atoms. The van der Waals surface area contributed by atoms with Crippen molar-refractivity contribution in [1.82, 2.24) is 24.8 Å². The zero-order valence-electron chi connectivity index (χ0n) is 6.30. The Bertz CT molecular complexity index is 477. The van der Waals surface area contributed by atoms with E-state index < -0.39 is 0 Å². The summed E-state index contributed by atoms with van der Waals surface area (Å²) in [6.07, 6.45) is 1.20. The molecule has 0 radical (unpaired) electrons. The molecule has 0 bridgehead atoms. The molecule has 0 aliphatic carbocycles. The highest BCUT2D eigenvalue weighted by Crippen LogP contribution is 1.88. The van der Waals surface area contributed by atoms with Gasteiger partial charge in [0.15, 0.2) is 6.33 Å². The van der Waals surface area contributed by atoms with Crippen molar-refractivity contribution in [2.45, 2.75) is 6.92 Å². The van der Waals surface area contributed by atoms with Crippen LogP contribution in [-0.4, -0.2) is 24.8 Å². The number of aromatic nitrogens is 5. The Morgan fingerprint density at radius 2 is 2.33 bits per heavy atom. The summed E-state index contributed by atoms with van der Waals surface area (Å²) in [5.41, 5.74) is 0.370. The molecule has 0 aromatic carbocycles. The number of hydrogen-bond donors (Lipinski definition) is 0. The van der Waals surface area contributed by atoms with Crippen LogP contribution in [-0.2, 0) is 0 Å². The lowest BCUT2D eigenvalue weighted by atomic mass is 10.5. The molecule has 2 heterocycles. The van der Waals surface area contributed by atoms with E-state index in [0.29, 0.717) is 5.69 Å². The van der Waals surface area contributed by atoms with Gasteiger partial charge in [0.25, 0.3) is 11.3 Å². The summed E-state index contributed by atoms with van der Waals surface area (Å²) in [6.45, 7) is 1.72. The van der Waals surface area contributed by atoms with Crippen molar-refractivity contribution in [1.29, 1.82) is 0 Å². The predicted octanol–water partition coefficient (Wildman–Crippen LogP) is -0.812. The molecule has 2 aromatic heterocycles. The van der Waals surface area contributed by atoms with Gasteiger partial charge < -0.3 is 0 Å². The van der Waals surface area contributed by atoms with Crippen LogP contribution in [0.5, 0.6) is 0 Å². The van der Waals surface area contributed by atoms with E-state index in [4.69, 9.17) is 0 Å². The number of nitrogens with zero attached hydrogens (tertiary/aromatic N) is 5. The third kappa shape index (κ3) is 0.931. The van der Waals surface area contributed by atoms with E-state index in [1.54, 1.807) is 6.92 Å². The highest BCUT2D eigenvalue weighted by molar-refractivity contribution is 5.23. The van der Waals surface area contributed by atoms with Gasteiger partial charge in [0.1, 0.15) is 0 Å². The second kappa shape index (κ2) is 2.33. The highest BCUT2D eigenvalue weighted by atomic mass is 16.1. The largest absolute Gasteiger partial charge is 0.276 e. The fourth-order valence-electron chi connectivity index (χ4n) is 0.901. The van der Waals surface area contributed by atoms with E-state index in [-0.39, 0.29) is 11.3 Å². The first-order valence-corrected chi connectivity index (χ1v) is 3.32. The van der Waals surface area contributed by atoms with Gasteiger partial charge in [-0.2, -0.15) is 4.52 Å². The monoisotopic (exact) mass is 163 g/mol. The number of rotatable bonds is 0. The molecule has 60 valence electrons. The van der Waals surface area contributed by atoms with Crippen LogP contribution < -0.4 is 5.56 Å². The van der Waals surface area contributed by atoms with Crippen molar-refractivity contribution in [2.24, 2.45) is 0 Å². The van der Waals surface area contributed by atoms with Crippen molar-refractivity contribution < 1.29 is 0 Å². The molecule has 2 aromatic rings. The zero-order valence-corrected chi connectivity index (χ0v) is 6.30. The standard InChI is InChI=1S/C6H5N5O/c1-4-2-5(12)11-6(9-4)10-7-3-8-11/h2-3H,1H3. The number of fused-ring (bicyclic) bond motifs is 1. The Hall–Kier alpha value is -1.85. The molecular formula is C6H5N5O. The van der Waals surface area contributed by atoms with Gasteiger partial charge in [0.05, 0.1) is 0 Å². The molecule has 0 spiro atoms.